The lowest BCUT2D eigenvalue weighted by Crippen LogP contribution is -2.42. The van der Waals surface area contributed by atoms with Gasteiger partial charge in [0.25, 0.3) is 5.91 Å². The second-order valence-electron chi connectivity index (χ2n) is 6.69. The molecule has 2 aliphatic carbocycles. The third kappa shape index (κ3) is 4.27. The van der Waals surface area contributed by atoms with Crippen LogP contribution in [0, 0.1) is 11.8 Å². The maximum Gasteiger partial charge on any atom is 0.321 e. The van der Waals surface area contributed by atoms with Crippen molar-refractivity contribution in [2.75, 3.05) is 13.2 Å². The number of hydrogen-bond acceptors (Lipinski definition) is 6. The Balaban J connectivity index is 1.37. The first-order valence-electron chi connectivity index (χ1n) is 8.72. The summed E-state index contributed by atoms with van der Waals surface area (Å²) in [5.74, 6) is -2.63. The third-order valence-corrected chi connectivity index (χ3v) is 4.67. The van der Waals surface area contributed by atoms with E-state index >= 15 is 0 Å². The minimum absolute atomic E-state index is 0.0622. The summed E-state index contributed by atoms with van der Waals surface area (Å²) >= 11 is 0. The quantitative estimate of drug-likeness (QED) is 0.385. The van der Waals surface area contributed by atoms with Crippen LogP contribution in [0.2, 0.25) is 0 Å². The smallest absolute Gasteiger partial charge is 0.321 e. The van der Waals surface area contributed by atoms with Crippen molar-refractivity contribution in [2.24, 2.45) is 11.8 Å². The maximum absolute atomic E-state index is 12.3. The van der Waals surface area contributed by atoms with Crippen molar-refractivity contribution in [1.29, 1.82) is 0 Å². The van der Waals surface area contributed by atoms with Crippen LogP contribution >= 0.6 is 0 Å². The number of fused-ring (bicyclic) bond motifs is 1. The van der Waals surface area contributed by atoms with Gasteiger partial charge >= 0.3 is 12.0 Å². The van der Waals surface area contributed by atoms with Gasteiger partial charge in [-0.3, -0.25) is 29.4 Å². The molecule has 0 unspecified atom stereocenters. The molecule has 9 heteroatoms. The zero-order valence-electron chi connectivity index (χ0n) is 14.2. The molecular formula is C17H21N3O6. The van der Waals surface area contributed by atoms with Gasteiger partial charge in [-0.1, -0.05) is 12.2 Å². The van der Waals surface area contributed by atoms with E-state index < -0.39 is 24.5 Å². The number of nitrogens with zero attached hydrogens (tertiary/aromatic N) is 1. The first-order chi connectivity index (χ1) is 12.5. The van der Waals surface area contributed by atoms with Gasteiger partial charge in [-0.25, -0.2) is 4.79 Å². The second-order valence-corrected chi connectivity index (χ2v) is 6.69. The molecule has 2 fully saturated rings. The molecule has 0 bridgehead atoms. The van der Waals surface area contributed by atoms with Gasteiger partial charge in [0, 0.05) is 12.6 Å². The largest absolute Gasteiger partial charge is 0.456 e. The third-order valence-electron chi connectivity index (χ3n) is 4.67. The average molecular weight is 363 g/mol. The molecule has 1 saturated carbocycles. The van der Waals surface area contributed by atoms with Crippen molar-refractivity contribution in [3.8, 4) is 0 Å². The average Bonchev–Trinajstić information content (AvgIpc) is 3.39. The van der Waals surface area contributed by atoms with E-state index in [-0.39, 0.29) is 42.7 Å². The van der Waals surface area contributed by atoms with E-state index in [0.717, 1.165) is 17.7 Å². The van der Waals surface area contributed by atoms with Crippen LogP contribution in [-0.2, 0) is 23.9 Å². The zero-order valence-corrected chi connectivity index (χ0v) is 14.2. The van der Waals surface area contributed by atoms with E-state index in [1.165, 1.54) is 0 Å². The molecule has 0 spiro atoms. The highest BCUT2D eigenvalue weighted by atomic mass is 16.5. The van der Waals surface area contributed by atoms with Crippen molar-refractivity contribution < 1.29 is 28.7 Å². The van der Waals surface area contributed by atoms with Crippen LogP contribution in [0.15, 0.2) is 12.2 Å². The van der Waals surface area contributed by atoms with Gasteiger partial charge in [-0.2, -0.15) is 0 Å². The van der Waals surface area contributed by atoms with Gasteiger partial charge in [0.2, 0.25) is 11.8 Å². The number of amides is 5. The van der Waals surface area contributed by atoms with E-state index in [4.69, 9.17) is 4.74 Å². The van der Waals surface area contributed by atoms with Gasteiger partial charge in [0.15, 0.2) is 6.61 Å². The summed E-state index contributed by atoms with van der Waals surface area (Å²) in [4.78, 5) is 60.2. The lowest BCUT2D eigenvalue weighted by Gasteiger charge is -2.14. The molecule has 1 aliphatic heterocycles. The fraction of sp³-hybridized carbons (Fsp3) is 0.588. The summed E-state index contributed by atoms with van der Waals surface area (Å²) in [6.07, 6.45) is 6.46. The topological polar surface area (TPSA) is 122 Å². The Morgan fingerprint density at radius 3 is 2.27 bits per heavy atom. The number of likely N-dealkylation sites (tertiary alicyclic amines) is 1. The number of ether oxygens (including phenoxy) is 1. The number of carbonyl (C=O) groups is 5. The lowest BCUT2D eigenvalue weighted by molar-refractivity contribution is -0.149. The number of allylic oxidation sites excluding steroid dienone is 2. The Bertz CT molecular complexity index is 643. The summed E-state index contributed by atoms with van der Waals surface area (Å²) in [6, 6.07) is -0.502. The summed E-state index contributed by atoms with van der Waals surface area (Å²) in [5.41, 5.74) is 0. The predicted molar refractivity (Wildman–Crippen MR) is 87.3 cm³/mol. The van der Waals surface area contributed by atoms with Crippen LogP contribution in [0.5, 0.6) is 0 Å². The number of nitrogens with one attached hydrogen (secondary N) is 2. The monoisotopic (exact) mass is 363 g/mol. The molecule has 1 saturated heterocycles. The van der Waals surface area contributed by atoms with E-state index in [2.05, 4.69) is 10.6 Å². The van der Waals surface area contributed by atoms with E-state index in [0.29, 0.717) is 12.8 Å². The summed E-state index contributed by atoms with van der Waals surface area (Å²) in [7, 11) is 0. The van der Waals surface area contributed by atoms with Crippen molar-refractivity contribution in [2.45, 2.75) is 38.1 Å². The molecule has 3 aliphatic rings. The maximum atomic E-state index is 12.3. The van der Waals surface area contributed by atoms with E-state index in [9.17, 15) is 24.0 Å². The van der Waals surface area contributed by atoms with Crippen molar-refractivity contribution in [3.05, 3.63) is 12.2 Å². The molecule has 0 aromatic rings. The fourth-order valence-corrected chi connectivity index (χ4v) is 3.12. The molecule has 1 heterocycles. The van der Waals surface area contributed by atoms with Crippen LogP contribution < -0.4 is 10.6 Å². The first kappa shape index (κ1) is 18.1. The van der Waals surface area contributed by atoms with Gasteiger partial charge in [-0.15, -0.1) is 0 Å². The molecule has 2 atom stereocenters. The fourth-order valence-electron chi connectivity index (χ4n) is 3.12. The van der Waals surface area contributed by atoms with Crippen LogP contribution in [0.3, 0.4) is 0 Å². The summed E-state index contributed by atoms with van der Waals surface area (Å²) in [5, 5.41) is 4.63. The van der Waals surface area contributed by atoms with Crippen LogP contribution in [0.1, 0.15) is 32.1 Å². The highest BCUT2D eigenvalue weighted by Gasteiger charge is 2.46. The predicted octanol–water partition coefficient (Wildman–Crippen LogP) is -0.141. The Hall–Kier alpha value is -2.71. The number of imide groups is 2. The summed E-state index contributed by atoms with van der Waals surface area (Å²) < 4.78 is 4.78. The number of hydrogen-bond donors (Lipinski definition) is 2. The Labute approximate surface area is 150 Å². The molecule has 3 rings (SSSR count). The zero-order chi connectivity index (χ0) is 18.7. The molecule has 2 N–H and O–H groups in total. The van der Waals surface area contributed by atoms with Crippen LogP contribution in [-0.4, -0.2) is 53.8 Å². The van der Waals surface area contributed by atoms with Crippen molar-refractivity contribution in [3.63, 3.8) is 0 Å². The Morgan fingerprint density at radius 2 is 1.69 bits per heavy atom. The number of urea groups is 1. The molecule has 140 valence electrons. The number of rotatable bonds is 6. The minimum atomic E-state index is -0.734. The van der Waals surface area contributed by atoms with E-state index in [1.54, 1.807) is 0 Å². The van der Waals surface area contributed by atoms with Gasteiger partial charge < -0.3 is 10.1 Å². The molecule has 0 radical (unpaired) electrons. The normalized spacial score (nSPS) is 24.2. The Kier molecular flexibility index (Phi) is 5.34. The second kappa shape index (κ2) is 7.67. The van der Waals surface area contributed by atoms with Crippen LogP contribution in [0.25, 0.3) is 0 Å². The highest BCUT2D eigenvalue weighted by Crippen LogP contribution is 2.34. The van der Waals surface area contributed by atoms with Gasteiger partial charge in [0.05, 0.1) is 18.3 Å². The SMILES string of the molecule is O=C(COC(=O)CCN1C(=O)[C@H]2CC=CC[C@H]2C1=O)NC(=O)NC1CC1. The first-order valence-corrected chi connectivity index (χ1v) is 8.72. The molecule has 9 nitrogen and oxygen atoms in total. The van der Waals surface area contributed by atoms with E-state index in [1.807, 2.05) is 12.2 Å². The molecule has 5 amide bonds. The molecule has 0 aromatic heterocycles. The van der Waals surface area contributed by atoms with Gasteiger partial charge in [0.1, 0.15) is 0 Å². The number of carbonyl (C=O) groups excluding carboxylic acids is 5. The Morgan fingerprint density at radius 1 is 1.08 bits per heavy atom. The number of esters is 1. The molecule has 0 aromatic carbocycles. The standard InChI is InChI=1S/C17H21N3O6/c21-13(19-17(25)18-10-5-6-10)9-26-14(22)7-8-20-15(23)11-3-1-2-4-12(11)16(20)24/h1-2,10-12H,3-9H2,(H2,18,19,21,25)/t11-,12+. The molecular weight excluding hydrogens is 342 g/mol. The van der Waals surface area contributed by atoms with Crippen molar-refractivity contribution in [1.82, 2.24) is 15.5 Å². The van der Waals surface area contributed by atoms with Gasteiger partial charge in [-0.05, 0) is 25.7 Å². The highest BCUT2D eigenvalue weighted by molar-refractivity contribution is 6.05. The van der Waals surface area contributed by atoms with Crippen LogP contribution in [0.4, 0.5) is 4.79 Å². The lowest BCUT2D eigenvalue weighted by atomic mass is 9.85. The minimum Gasteiger partial charge on any atom is -0.456 e. The summed E-state index contributed by atoms with van der Waals surface area (Å²) in [6.45, 7) is -0.652. The van der Waals surface area contributed by atoms with Crippen molar-refractivity contribution >= 4 is 29.7 Å². The molecule has 26 heavy (non-hydrogen) atoms.